The van der Waals surface area contributed by atoms with E-state index in [2.05, 4.69) is 10.6 Å². The molecule has 100 valence electrons. The molecule has 17 heavy (non-hydrogen) atoms. The van der Waals surface area contributed by atoms with Gasteiger partial charge in [0, 0.05) is 18.6 Å². The van der Waals surface area contributed by atoms with Crippen LogP contribution in [0.25, 0.3) is 0 Å². The summed E-state index contributed by atoms with van der Waals surface area (Å²) in [6, 6.07) is -0.540. The Morgan fingerprint density at radius 3 is 2.00 bits per heavy atom. The van der Waals surface area contributed by atoms with E-state index in [0.717, 1.165) is 0 Å². The summed E-state index contributed by atoms with van der Waals surface area (Å²) in [4.78, 5) is 21.0. The number of nitrogens with two attached hydrogens (primary N) is 1. The zero-order valence-electron chi connectivity index (χ0n) is 10.1. The van der Waals surface area contributed by atoms with Crippen LogP contribution < -0.4 is 16.4 Å². The second kappa shape index (κ2) is 7.72. The van der Waals surface area contributed by atoms with Gasteiger partial charge in [-0.05, 0) is 18.8 Å². The standard InChI is InChI=1S/C10H21N3O4/c1-6(2)8(13-10(16)17)4-3-7(5-11)12-9(14)15/h6-8,12-13H,3-5,11H2,1-2H3,(H,14,15)(H,16,17). The Balaban J connectivity index is 4.17. The van der Waals surface area contributed by atoms with Crippen LogP contribution in [0.15, 0.2) is 0 Å². The van der Waals surface area contributed by atoms with Crippen LogP contribution in [0.1, 0.15) is 26.7 Å². The highest BCUT2D eigenvalue weighted by atomic mass is 16.4. The third-order valence-corrected chi connectivity index (χ3v) is 2.55. The molecule has 0 aromatic rings. The van der Waals surface area contributed by atoms with E-state index in [0.29, 0.717) is 12.8 Å². The predicted octanol–water partition coefficient (Wildman–Crippen LogP) is 0.654. The lowest BCUT2D eigenvalue weighted by atomic mass is 9.97. The fraction of sp³-hybridized carbons (Fsp3) is 0.800. The molecular formula is C10H21N3O4. The quantitative estimate of drug-likeness (QED) is 0.452. The molecule has 0 heterocycles. The normalized spacial score (nSPS) is 14.1. The molecule has 0 aliphatic rings. The maximum Gasteiger partial charge on any atom is 0.404 e. The van der Waals surface area contributed by atoms with E-state index in [1.807, 2.05) is 13.8 Å². The molecule has 0 rings (SSSR count). The molecule has 0 spiro atoms. The molecule has 0 saturated carbocycles. The molecule has 0 aromatic heterocycles. The van der Waals surface area contributed by atoms with Crippen molar-refractivity contribution in [1.82, 2.24) is 10.6 Å². The molecule has 7 heteroatoms. The molecule has 2 amide bonds. The number of rotatable bonds is 7. The van der Waals surface area contributed by atoms with Gasteiger partial charge in [-0.1, -0.05) is 13.8 Å². The summed E-state index contributed by atoms with van der Waals surface area (Å²) in [5.41, 5.74) is 5.42. The van der Waals surface area contributed by atoms with Crippen molar-refractivity contribution in [3.05, 3.63) is 0 Å². The van der Waals surface area contributed by atoms with Gasteiger partial charge < -0.3 is 26.6 Å². The monoisotopic (exact) mass is 247 g/mol. The van der Waals surface area contributed by atoms with Crippen molar-refractivity contribution in [1.29, 1.82) is 0 Å². The molecule has 0 aliphatic heterocycles. The second-order valence-electron chi connectivity index (χ2n) is 4.26. The lowest BCUT2D eigenvalue weighted by Gasteiger charge is -2.23. The molecule has 2 unspecified atom stereocenters. The molecule has 0 radical (unpaired) electrons. The lowest BCUT2D eigenvalue weighted by Crippen LogP contribution is -2.43. The van der Waals surface area contributed by atoms with Gasteiger partial charge in [0.1, 0.15) is 0 Å². The first-order valence-electron chi connectivity index (χ1n) is 5.55. The highest BCUT2D eigenvalue weighted by Gasteiger charge is 2.18. The van der Waals surface area contributed by atoms with Crippen LogP contribution in [0.4, 0.5) is 9.59 Å². The average molecular weight is 247 g/mol. The van der Waals surface area contributed by atoms with Crippen LogP contribution in [-0.4, -0.2) is 41.0 Å². The summed E-state index contributed by atoms with van der Waals surface area (Å²) in [6.45, 7) is 4.01. The molecule has 2 atom stereocenters. The van der Waals surface area contributed by atoms with E-state index in [1.54, 1.807) is 0 Å². The van der Waals surface area contributed by atoms with E-state index < -0.39 is 12.2 Å². The Bertz CT molecular complexity index is 258. The van der Waals surface area contributed by atoms with Crippen LogP contribution in [-0.2, 0) is 0 Å². The van der Waals surface area contributed by atoms with Crippen LogP contribution >= 0.6 is 0 Å². The van der Waals surface area contributed by atoms with E-state index in [4.69, 9.17) is 15.9 Å². The minimum atomic E-state index is -1.12. The van der Waals surface area contributed by atoms with Gasteiger partial charge in [-0.15, -0.1) is 0 Å². The Morgan fingerprint density at radius 1 is 1.12 bits per heavy atom. The van der Waals surface area contributed by atoms with Crippen molar-refractivity contribution in [3.63, 3.8) is 0 Å². The van der Waals surface area contributed by atoms with E-state index in [9.17, 15) is 9.59 Å². The summed E-state index contributed by atoms with van der Waals surface area (Å²) in [6.07, 6.45) is -1.13. The van der Waals surface area contributed by atoms with Crippen molar-refractivity contribution in [2.45, 2.75) is 38.8 Å². The van der Waals surface area contributed by atoms with Crippen molar-refractivity contribution in [3.8, 4) is 0 Å². The molecule has 0 aliphatic carbocycles. The van der Waals surface area contributed by atoms with Crippen LogP contribution in [0, 0.1) is 5.92 Å². The highest BCUT2D eigenvalue weighted by Crippen LogP contribution is 2.10. The van der Waals surface area contributed by atoms with Crippen molar-refractivity contribution < 1.29 is 19.8 Å². The maximum atomic E-state index is 10.6. The van der Waals surface area contributed by atoms with Gasteiger partial charge in [-0.3, -0.25) is 0 Å². The van der Waals surface area contributed by atoms with E-state index in [1.165, 1.54) is 0 Å². The van der Waals surface area contributed by atoms with Gasteiger partial charge in [0.15, 0.2) is 0 Å². The Labute approximate surface area is 100 Å². The first kappa shape index (κ1) is 15.5. The molecule has 0 fully saturated rings. The number of carboxylic acid groups (broad SMARTS) is 2. The molecule has 0 saturated heterocycles. The van der Waals surface area contributed by atoms with Crippen molar-refractivity contribution in [2.24, 2.45) is 11.7 Å². The molecular weight excluding hydrogens is 226 g/mol. The third kappa shape index (κ3) is 7.40. The number of hydrogen-bond acceptors (Lipinski definition) is 3. The number of amides is 2. The fourth-order valence-corrected chi connectivity index (χ4v) is 1.54. The van der Waals surface area contributed by atoms with E-state index >= 15 is 0 Å². The smallest absolute Gasteiger partial charge is 0.404 e. The SMILES string of the molecule is CC(C)C(CCC(CN)NC(=O)O)NC(=O)O. The van der Waals surface area contributed by atoms with Crippen LogP contribution in [0.5, 0.6) is 0 Å². The summed E-state index contributed by atoms with van der Waals surface area (Å²) >= 11 is 0. The topological polar surface area (TPSA) is 125 Å². The van der Waals surface area contributed by atoms with Crippen LogP contribution in [0.2, 0.25) is 0 Å². The first-order chi connectivity index (χ1) is 7.86. The minimum absolute atomic E-state index is 0.148. The summed E-state index contributed by atoms with van der Waals surface area (Å²) < 4.78 is 0. The Morgan fingerprint density at radius 2 is 1.65 bits per heavy atom. The zero-order valence-corrected chi connectivity index (χ0v) is 10.1. The van der Waals surface area contributed by atoms with Crippen molar-refractivity contribution in [2.75, 3.05) is 6.54 Å². The molecule has 7 nitrogen and oxygen atoms in total. The number of hydrogen-bond donors (Lipinski definition) is 5. The molecule has 6 N–H and O–H groups in total. The van der Waals surface area contributed by atoms with Crippen LogP contribution in [0.3, 0.4) is 0 Å². The number of nitrogens with one attached hydrogen (secondary N) is 2. The van der Waals surface area contributed by atoms with Gasteiger partial charge in [0.25, 0.3) is 0 Å². The molecule has 0 aromatic carbocycles. The van der Waals surface area contributed by atoms with Gasteiger partial charge >= 0.3 is 12.2 Å². The second-order valence-corrected chi connectivity index (χ2v) is 4.26. The Kier molecular flexibility index (Phi) is 7.04. The van der Waals surface area contributed by atoms with Gasteiger partial charge in [0.2, 0.25) is 0 Å². The lowest BCUT2D eigenvalue weighted by molar-refractivity contribution is 0.180. The minimum Gasteiger partial charge on any atom is -0.465 e. The van der Waals surface area contributed by atoms with Gasteiger partial charge in [-0.2, -0.15) is 0 Å². The summed E-state index contributed by atoms with van der Waals surface area (Å²) in [5, 5.41) is 21.9. The summed E-state index contributed by atoms with van der Waals surface area (Å²) in [7, 11) is 0. The fourth-order valence-electron chi connectivity index (χ4n) is 1.54. The van der Waals surface area contributed by atoms with E-state index in [-0.39, 0.29) is 24.5 Å². The average Bonchev–Trinajstić information content (AvgIpc) is 2.20. The first-order valence-corrected chi connectivity index (χ1v) is 5.55. The highest BCUT2D eigenvalue weighted by molar-refractivity contribution is 5.65. The Hall–Kier alpha value is -1.50. The number of carbonyl (C=O) groups is 2. The van der Waals surface area contributed by atoms with Gasteiger partial charge in [0.05, 0.1) is 0 Å². The largest absolute Gasteiger partial charge is 0.465 e. The van der Waals surface area contributed by atoms with Gasteiger partial charge in [-0.25, -0.2) is 9.59 Å². The predicted molar refractivity (Wildman–Crippen MR) is 63.0 cm³/mol. The maximum absolute atomic E-state index is 10.6. The van der Waals surface area contributed by atoms with Crippen molar-refractivity contribution >= 4 is 12.2 Å². The summed E-state index contributed by atoms with van der Waals surface area (Å²) in [5.74, 6) is 0.148. The third-order valence-electron chi connectivity index (χ3n) is 2.55. The zero-order chi connectivity index (χ0) is 13.4. The molecule has 0 bridgehead atoms.